The molecule has 0 aromatic heterocycles. The summed E-state index contributed by atoms with van der Waals surface area (Å²) in [6, 6.07) is 15.1. The van der Waals surface area contributed by atoms with Crippen molar-refractivity contribution < 1.29 is 9.53 Å². The third-order valence-corrected chi connectivity index (χ3v) is 5.00. The largest absolute Gasteiger partial charge is 0.469 e. The standard InChI is InChI=1S/C17H13Cl2NO2S/c1-22-17(21)8-11-7-14(18)15(19)9-13(11)16(10-20)23-12-5-3-2-4-6-12/h2-7,9,16H,8H2,1H3. The fourth-order valence-electron chi connectivity index (χ4n) is 2.02. The molecule has 0 aliphatic heterocycles. The number of thioether (sulfide) groups is 1. The van der Waals surface area contributed by atoms with Gasteiger partial charge < -0.3 is 4.74 Å². The van der Waals surface area contributed by atoms with E-state index in [4.69, 9.17) is 27.9 Å². The number of benzene rings is 2. The van der Waals surface area contributed by atoms with E-state index in [1.54, 1.807) is 12.1 Å². The van der Waals surface area contributed by atoms with E-state index >= 15 is 0 Å². The van der Waals surface area contributed by atoms with Gasteiger partial charge in [-0.1, -0.05) is 41.4 Å². The van der Waals surface area contributed by atoms with Gasteiger partial charge in [0.15, 0.2) is 0 Å². The van der Waals surface area contributed by atoms with Crippen LogP contribution in [-0.2, 0) is 16.0 Å². The van der Waals surface area contributed by atoms with Crippen LogP contribution in [0.5, 0.6) is 0 Å². The van der Waals surface area contributed by atoms with Crippen molar-refractivity contribution >= 4 is 40.9 Å². The van der Waals surface area contributed by atoms with Crippen LogP contribution in [0.15, 0.2) is 47.4 Å². The van der Waals surface area contributed by atoms with Crippen molar-refractivity contribution in [2.24, 2.45) is 0 Å². The molecule has 0 amide bonds. The predicted octanol–water partition coefficient (Wildman–Crippen LogP) is 5.07. The molecule has 2 rings (SSSR count). The molecule has 0 heterocycles. The topological polar surface area (TPSA) is 50.1 Å². The maximum Gasteiger partial charge on any atom is 0.309 e. The molecule has 118 valence electrons. The Bertz CT molecular complexity index is 744. The van der Waals surface area contributed by atoms with Gasteiger partial charge in [-0.05, 0) is 35.4 Å². The first-order valence-corrected chi connectivity index (χ1v) is 8.34. The molecular formula is C17H13Cl2NO2S. The summed E-state index contributed by atoms with van der Waals surface area (Å²) < 4.78 is 4.71. The maximum atomic E-state index is 11.6. The summed E-state index contributed by atoms with van der Waals surface area (Å²) in [5, 5.41) is 9.74. The highest BCUT2D eigenvalue weighted by atomic mass is 35.5. The maximum absolute atomic E-state index is 11.6. The Labute approximate surface area is 149 Å². The SMILES string of the molecule is COC(=O)Cc1cc(Cl)c(Cl)cc1C(C#N)Sc1ccccc1. The molecule has 0 bridgehead atoms. The Morgan fingerprint density at radius 3 is 2.52 bits per heavy atom. The van der Waals surface area contributed by atoms with Gasteiger partial charge in [-0.25, -0.2) is 0 Å². The zero-order chi connectivity index (χ0) is 16.8. The van der Waals surface area contributed by atoms with Gasteiger partial charge in [0, 0.05) is 4.90 Å². The van der Waals surface area contributed by atoms with Crippen LogP contribution in [0.25, 0.3) is 0 Å². The number of carbonyl (C=O) groups is 1. The summed E-state index contributed by atoms with van der Waals surface area (Å²) in [5.74, 6) is -0.397. The highest BCUT2D eigenvalue weighted by molar-refractivity contribution is 7.99. The molecule has 6 heteroatoms. The lowest BCUT2D eigenvalue weighted by Crippen LogP contribution is -2.08. The number of ether oxygens (including phenoxy) is 1. The van der Waals surface area contributed by atoms with E-state index in [9.17, 15) is 10.1 Å². The Kier molecular flexibility index (Phi) is 6.35. The molecule has 0 aliphatic rings. The minimum Gasteiger partial charge on any atom is -0.469 e. The molecule has 0 aliphatic carbocycles. The highest BCUT2D eigenvalue weighted by Crippen LogP contribution is 2.39. The molecule has 2 aromatic carbocycles. The van der Waals surface area contributed by atoms with E-state index in [1.807, 2.05) is 30.3 Å². The van der Waals surface area contributed by atoms with Crippen molar-refractivity contribution in [2.45, 2.75) is 16.6 Å². The molecular weight excluding hydrogens is 353 g/mol. The molecule has 0 spiro atoms. The second-order valence-corrected chi connectivity index (χ2v) is 6.65. The number of nitriles is 1. The van der Waals surface area contributed by atoms with Gasteiger partial charge in [-0.2, -0.15) is 5.26 Å². The van der Waals surface area contributed by atoms with Gasteiger partial charge >= 0.3 is 5.97 Å². The fraction of sp³-hybridized carbons (Fsp3) is 0.176. The second kappa shape index (κ2) is 8.26. The van der Waals surface area contributed by atoms with Gasteiger partial charge in [0.1, 0.15) is 5.25 Å². The van der Waals surface area contributed by atoms with Crippen molar-refractivity contribution in [3.8, 4) is 6.07 Å². The third kappa shape index (κ3) is 4.65. The van der Waals surface area contributed by atoms with E-state index in [0.29, 0.717) is 21.2 Å². The van der Waals surface area contributed by atoms with Crippen molar-refractivity contribution in [1.29, 1.82) is 5.26 Å². The summed E-state index contributed by atoms with van der Waals surface area (Å²) >= 11 is 13.5. The van der Waals surface area contributed by atoms with Crippen LogP contribution in [0.1, 0.15) is 16.4 Å². The van der Waals surface area contributed by atoms with Gasteiger partial charge in [-0.15, -0.1) is 11.8 Å². The van der Waals surface area contributed by atoms with Gasteiger partial charge in [0.2, 0.25) is 0 Å². The summed E-state index contributed by atoms with van der Waals surface area (Å²) in [6.07, 6.45) is 0.0379. The lowest BCUT2D eigenvalue weighted by atomic mass is 10.0. The van der Waals surface area contributed by atoms with E-state index < -0.39 is 11.2 Å². The fourth-order valence-corrected chi connectivity index (χ4v) is 3.37. The van der Waals surface area contributed by atoms with Crippen LogP contribution in [0.4, 0.5) is 0 Å². The molecule has 0 saturated heterocycles. The van der Waals surface area contributed by atoms with Crippen LogP contribution in [-0.4, -0.2) is 13.1 Å². The van der Waals surface area contributed by atoms with E-state index in [0.717, 1.165) is 4.90 Å². The first kappa shape index (κ1) is 17.7. The molecule has 0 fully saturated rings. The molecule has 23 heavy (non-hydrogen) atoms. The van der Waals surface area contributed by atoms with Crippen molar-refractivity contribution in [3.05, 3.63) is 63.6 Å². The van der Waals surface area contributed by atoms with Crippen LogP contribution in [0.2, 0.25) is 10.0 Å². The zero-order valence-corrected chi connectivity index (χ0v) is 14.6. The molecule has 0 N–H and O–H groups in total. The van der Waals surface area contributed by atoms with Gasteiger partial charge in [0.25, 0.3) is 0 Å². The van der Waals surface area contributed by atoms with Gasteiger partial charge in [0.05, 0.1) is 29.6 Å². The number of methoxy groups -OCH3 is 1. The number of halogens is 2. The number of hydrogen-bond donors (Lipinski definition) is 0. The average Bonchev–Trinajstić information content (AvgIpc) is 2.56. The lowest BCUT2D eigenvalue weighted by molar-refractivity contribution is -0.139. The van der Waals surface area contributed by atoms with Crippen LogP contribution >= 0.6 is 35.0 Å². The number of rotatable bonds is 5. The van der Waals surface area contributed by atoms with Gasteiger partial charge in [-0.3, -0.25) is 4.79 Å². The molecule has 1 atom stereocenters. The Morgan fingerprint density at radius 2 is 1.91 bits per heavy atom. The summed E-state index contributed by atoms with van der Waals surface area (Å²) in [7, 11) is 1.32. The van der Waals surface area contributed by atoms with Crippen LogP contribution < -0.4 is 0 Å². The van der Waals surface area contributed by atoms with Crippen molar-refractivity contribution in [3.63, 3.8) is 0 Å². The first-order chi connectivity index (χ1) is 11.0. The van der Waals surface area contributed by atoms with Crippen LogP contribution in [0, 0.1) is 11.3 Å². The molecule has 3 nitrogen and oxygen atoms in total. The quantitative estimate of drug-likeness (QED) is 0.548. The number of hydrogen-bond acceptors (Lipinski definition) is 4. The van der Waals surface area contributed by atoms with Crippen LogP contribution in [0.3, 0.4) is 0 Å². The monoisotopic (exact) mass is 365 g/mol. The highest BCUT2D eigenvalue weighted by Gasteiger charge is 2.20. The minimum atomic E-state index is -0.508. The lowest BCUT2D eigenvalue weighted by Gasteiger charge is -2.15. The smallest absolute Gasteiger partial charge is 0.309 e. The Balaban J connectivity index is 2.40. The molecule has 0 saturated carbocycles. The Morgan fingerprint density at radius 1 is 1.26 bits per heavy atom. The van der Waals surface area contributed by atoms with E-state index in [1.165, 1.54) is 18.9 Å². The normalized spacial score (nSPS) is 11.6. The number of carbonyl (C=O) groups excluding carboxylic acids is 1. The van der Waals surface area contributed by atoms with E-state index in [2.05, 4.69) is 6.07 Å². The average molecular weight is 366 g/mol. The summed E-state index contributed by atoms with van der Waals surface area (Å²) in [5.41, 5.74) is 1.31. The summed E-state index contributed by atoms with van der Waals surface area (Å²) in [4.78, 5) is 12.6. The van der Waals surface area contributed by atoms with Crippen molar-refractivity contribution in [1.82, 2.24) is 0 Å². The zero-order valence-electron chi connectivity index (χ0n) is 12.3. The second-order valence-electron chi connectivity index (χ2n) is 4.66. The molecule has 0 radical (unpaired) electrons. The third-order valence-electron chi connectivity index (χ3n) is 3.14. The molecule has 1 unspecified atom stereocenters. The number of nitrogens with zero attached hydrogens (tertiary/aromatic N) is 1. The number of esters is 1. The first-order valence-electron chi connectivity index (χ1n) is 6.71. The van der Waals surface area contributed by atoms with E-state index in [-0.39, 0.29) is 6.42 Å². The Hall–Kier alpha value is -1.67. The van der Waals surface area contributed by atoms with Crippen molar-refractivity contribution in [2.75, 3.05) is 7.11 Å². The molecule has 2 aromatic rings. The predicted molar refractivity (Wildman–Crippen MR) is 92.8 cm³/mol. The summed E-state index contributed by atoms with van der Waals surface area (Å²) in [6.45, 7) is 0. The minimum absolute atomic E-state index is 0.0379.